The second-order valence-corrected chi connectivity index (χ2v) is 17.4. The zero-order chi connectivity index (χ0) is 44.4. The molecule has 1 amide bonds. The number of amides is 1. The van der Waals surface area contributed by atoms with E-state index in [4.69, 9.17) is 4.98 Å². The van der Waals surface area contributed by atoms with E-state index in [2.05, 4.69) is 41.7 Å². The largest absolute Gasteiger partial charge is 0.354 e. The van der Waals surface area contributed by atoms with Gasteiger partial charge in [-0.25, -0.2) is 13.4 Å². The Morgan fingerprint density at radius 1 is 0.656 bits per heavy atom. The average Bonchev–Trinajstić information content (AvgIpc) is 3.82. The summed E-state index contributed by atoms with van der Waals surface area (Å²) in [5.41, 5.74) is 4.75. The number of benzene rings is 7. The summed E-state index contributed by atoms with van der Waals surface area (Å²) in [6.45, 7) is -0.0470. The summed E-state index contributed by atoms with van der Waals surface area (Å²) in [5, 5.41) is 15.5. The van der Waals surface area contributed by atoms with Crippen LogP contribution in [0.1, 0.15) is 45.0 Å². The molecule has 0 radical (unpaired) electrons. The predicted octanol–water partition coefficient (Wildman–Crippen LogP) is 9.42. The normalized spacial score (nSPS) is 12.2. The molecule has 0 aliphatic carbocycles. The minimum absolute atomic E-state index is 0.00144. The number of nitrogens with zero attached hydrogens (tertiary/aromatic N) is 4. The third-order valence-corrected chi connectivity index (χ3v) is 13.6. The molecule has 8 rings (SSSR count). The van der Waals surface area contributed by atoms with Gasteiger partial charge in [-0.15, -0.1) is 0 Å². The summed E-state index contributed by atoms with van der Waals surface area (Å²) in [5.74, 6) is -0.781. The molecule has 320 valence electrons. The zero-order valence-electron chi connectivity index (χ0n) is 35.0. The van der Waals surface area contributed by atoms with Crippen LogP contribution in [0.4, 0.5) is 5.69 Å². The molecule has 0 fully saturated rings. The highest BCUT2D eigenvalue weighted by Crippen LogP contribution is 2.41. The lowest BCUT2D eigenvalue weighted by Crippen LogP contribution is -2.52. The highest BCUT2D eigenvalue weighted by atomic mass is 32.2. The maximum absolute atomic E-state index is 15.1. The molecular weight excluding hydrogens is 819 g/mol. The first-order valence-electron chi connectivity index (χ1n) is 21.1. The van der Waals surface area contributed by atoms with Gasteiger partial charge in [-0.2, -0.15) is 4.31 Å². The van der Waals surface area contributed by atoms with Crippen LogP contribution in [0.2, 0.25) is 0 Å². The van der Waals surface area contributed by atoms with E-state index in [1.807, 2.05) is 156 Å². The third-order valence-electron chi connectivity index (χ3n) is 11.6. The maximum atomic E-state index is 15.1. The summed E-state index contributed by atoms with van der Waals surface area (Å²) in [4.78, 5) is 31.0. The number of rotatable bonds is 18. The number of aromatic nitrogens is 2. The number of imidazole rings is 1. The Morgan fingerprint density at radius 3 is 1.61 bits per heavy atom. The summed E-state index contributed by atoms with van der Waals surface area (Å²) >= 11 is 0. The molecular formula is C53H47N5O5S. The van der Waals surface area contributed by atoms with Crippen molar-refractivity contribution in [1.82, 2.24) is 19.2 Å². The van der Waals surface area contributed by atoms with Crippen LogP contribution in [-0.2, 0) is 33.2 Å². The van der Waals surface area contributed by atoms with Crippen molar-refractivity contribution in [3.8, 4) is 0 Å². The molecule has 1 N–H and O–H groups in total. The van der Waals surface area contributed by atoms with E-state index in [0.717, 1.165) is 37.7 Å². The van der Waals surface area contributed by atoms with Crippen molar-refractivity contribution in [3.05, 3.63) is 268 Å². The summed E-state index contributed by atoms with van der Waals surface area (Å²) < 4.78 is 33.4. The fraction of sp³-hybridized carbons (Fsp3) is 0.132. The second-order valence-electron chi connectivity index (χ2n) is 15.5. The van der Waals surface area contributed by atoms with Gasteiger partial charge in [-0.1, -0.05) is 194 Å². The molecule has 1 heterocycles. The first kappa shape index (κ1) is 43.2. The first-order chi connectivity index (χ1) is 31.3. The Morgan fingerprint density at radius 2 is 1.11 bits per heavy atom. The zero-order valence-corrected chi connectivity index (χ0v) is 35.8. The molecule has 0 spiro atoms. The molecule has 8 aromatic rings. The molecule has 10 nitrogen and oxygen atoms in total. The highest BCUT2D eigenvalue weighted by Gasteiger charge is 2.41. The summed E-state index contributed by atoms with van der Waals surface area (Å²) in [6.07, 6.45) is 3.75. The van der Waals surface area contributed by atoms with E-state index in [9.17, 15) is 14.9 Å². The van der Waals surface area contributed by atoms with Crippen LogP contribution in [0.15, 0.2) is 224 Å². The van der Waals surface area contributed by atoms with Gasteiger partial charge in [0.1, 0.15) is 11.6 Å². The minimum atomic E-state index is -4.71. The molecule has 0 aliphatic heterocycles. The lowest BCUT2D eigenvalue weighted by atomic mass is 9.77. The van der Waals surface area contributed by atoms with Gasteiger partial charge in [0.2, 0.25) is 5.91 Å². The number of nitro groups is 1. The van der Waals surface area contributed by atoms with Crippen molar-refractivity contribution in [1.29, 1.82) is 0 Å². The standard InChI is InChI=1S/C53H47N5O5S/c59-52(54-38-48(42-23-9-2-10-24-42)43-25-11-3-12-26-43)50(37-41-21-7-1-8-22-41)57(64(62,63)51-34-20-19-33-49(51)58(60)61)36-35-47-39-56(40-55-47)53(44-27-13-4-14-28-44,45-29-15-5-16-30-45)46-31-17-6-18-32-46/h1-34,39-40,48,50H,35-38H2,(H,54,59)/t50-/m1/s1. The van der Waals surface area contributed by atoms with E-state index in [0.29, 0.717) is 5.69 Å². The maximum Gasteiger partial charge on any atom is 0.289 e. The van der Waals surface area contributed by atoms with Crippen molar-refractivity contribution < 1.29 is 18.1 Å². The van der Waals surface area contributed by atoms with Crippen molar-refractivity contribution in [2.24, 2.45) is 0 Å². The molecule has 0 unspecified atom stereocenters. The van der Waals surface area contributed by atoms with Gasteiger partial charge in [-0.3, -0.25) is 14.9 Å². The number of nitro benzene ring substituents is 1. The molecule has 11 heteroatoms. The van der Waals surface area contributed by atoms with E-state index < -0.39 is 43.0 Å². The first-order valence-corrected chi connectivity index (χ1v) is 22.6. The second kappa shape index (κ2) is 19.7. The average molecular weight is 866 g/mol. The Labute approximate surface area is 373 Å². The molecule has 1 atom stereocenters. The van der Waals surface area contributed by atoms with Crippen LogP contribution < -0.4 is 5.32 Å². The van der Waals surface area contributed by atoms with Crippen molar-refractivity contribution in [3.63, 3.8) is 0 Å². The molecule has 0 saturated carbocycles. The topological polar surface area (TPSA) is 127 Å². The lowest BCUT2D eigenvalue weighted by molar-refractivity contribution is -0.387. The monoisotopic (exact) mass is 865 g/mol. The quantitative estimate of drug-likeness (QED) is 0.0521. The van der Waals surface area contributed by atoms with Gasteiger partial charge >= 0.3 is 0 Å². The molecule has 7 aromatic carbocycles. The van der Waals surface area contributed by atoms with Crippen LogP contribution in [0.3, 0.4) is 0 Å². The van der Waals surface area contributed by atoms with Gasteiger partial charge in [0.05, 0.1) is 16.9 Å². The van der Waals surface area contributed by atoms with Gasteiger partial charge in [0.25, 0.3) is 15.7 Å². The van der Waals surface area contributed by atoms with Crippen LogP contribution >= 0.6 is 0 Å². The van der Waals surface area contributed by atoms with Crippen molar-refractivity contribution in [2.75, 3.05) is 13.1 Å². The fourth-order valence-corrected chi connectivity index (χ4v) is 10.3. The molecule has 0 saturated heterocycles. The number of para-hydroxylation sites is 1. The van der Waals surface area contributed by atoms with E-state index in [1.165, 1.54) is 24.3 Å². The van der Waals surface area contributed by atoms with E-state index >= 15 is 8.42 Å². The smallest absolute Gasteiger partial charge is 0.289 e. The van der Waals surface area contributed by atoms with Crippen molar-refractivity contribution >= 4 is 21.6 Å². The number of nitrogens with one attached hydrogen (secondary N) is 1. The van der Waals surface area contributed by atoms with Gasteiger partial charge in [-0.05, 0) is 45.9 Å². The molecule has 64 heavy (non-hydrogen) atoms. The van der Waals surface area contributed by atoms with E-state index in [-0.39, 0.29) is 31.8 Å². The number of sulfonamides is 1. The Kier molecular flexibility index (Phi) is 13.3. The Hall–Kier alpha value is -7.47. The third kappa shape index (κ3) is 9.17. The van der Waals surface area contributed by atoms with Crippen LogP contribution in [-0.4, -0.2) is 52.2 Å². The predicted molar refractivity (Wildman–Crippen MR) is 249 cm³/mol. The Bertz CT molecular complexity index is 2750. The summed E-state index contributed by atoms with van der Waals surface area (Å²) in [6, 6.07) is 63.1. The van der Waals surface area contributed by atoms with Gasteiger partial charge in [0.15, 0.2) is 4.90 Å². The number of hydrogen-bond acceptors (Lipinski definition) is 6. The highest BCUT2D eigenvalue weighted by molar-refractivity contribution is 7.89. The number of carbonyl (C=O) groups excluding carboxylic acids is 1. The fourth-order valence-electron chi connectivity index (χ4n) is 8.56. The summed E-state index contributed by atoms with van der Waals surface area (Å²) in [7, 11) is -4.71. The van der Waals surface area contributed by atoms with Crippen LogP contribution in [0.25, 0.3) is 0 Å². The lowest BCUT2D eigenvalue weighted by Gasteiger charge is -2.37. The minimum Gasteiger partial charge on any atom is -0.354 e. The van der Waals surface area contributed by atoms with Gasteiger partial charge < -0.3 is 9.88 Å². The number of carbonyl (C=O) groups is 1. The van der Waals surface area contributed by atoms with Crippen LogP contribution in [0.5, 0.6) is 0 Å². The van der Waals surface area contributed by atoms with Crippen molar-refractivity contribution in [2.45, 2.75) is 35.2 Å². The molecule has 0 aliphatic rings. The van der Waals surface area contributed by atoms with Gasteiger partial charge in [0, 0.05) is 37.7 Å². The molecule has 1 aromatic heterocycles. The van der Waals surface area contributed by atoms with Crippen LogP contribution in [0, 0.1) is 10.1 Å². The Balaban J connectivity index is 1.21. The number of hydrogen-bond donors (Lipinski definition) is 1. The van der Waals surface area contributed by atoms with E-state index in [1.54, 1.807) is 6.33 Å². The SMILES string of the molecule is O=C(NCC(c1ccccc1)c1ccccc1)[C@@H](Cc1ccccc1)N(CCc1cn(C(c2ccccc2)(c2ccccc2)c2ccccc2)cn1)S(=O)(=O)c1ccccc1[N+](=O)[O-]. The molecule has 0 bridgehead atoms.